The van der Waals surface area contributed by atoms with Crippen molar-refractivity contribution in [3.63, 3.8) is 0 Å². The minimum atomic E-state index is -1.04. The van der Waals surface area contributed by atoms with Crippen LogP contribution in [0.3, 0.4) is 0 Å². The zero-order valence-electron chi connectivity index (χ0n) is 28.6. The Kier molecular flexibility index (Phi) is 10.9. The van der Waals surface area contributed by atoms with Gasteiger partial charge >= 0.3 is 11.9 Å². The summed E-state index contributed by atoms with van der Waals surface area (Å²) in [6, 6.07) is 20.7. The van der Waals surface area contributed by atoms with Crippen LogP contribution >= 0.6 is 0 Å². The van der Waals surface area contributed by atoms with Crippen LogP contribution in [0, 0.1) is 0 Å². The van der Waals surface area contributed by atoms with E-state index in [-0.39, 0.29) is 19.0 Å². The van der Waals surface area contributed by atoms with Crippen LogP contribution in [-0.2, 0) is 15.1 Å². The zero-order chi connectivity index (χ0) is 34.4. The van der Waals surface area contributed by atoms with Crippen molar-refractivity contribution in [2.24, 2.45) is 0 Å². The van der Waals surface area contributed by atoms with Crippen molar-refractivity contribution in [2.45, 2.75) is 58.9 Å². The van der Waals surface area contributed by atoms with Gasteiger partial charge in [0.2, 0.25) is 0 Å². The van der Waals surface area contributed by atoms with E-state index in [2.05, 4.69) is 80.0 Å². The monoisotopic (exact) mass is 656 g/mol. The highest BCUT2D eigenvalue weighted by Crippen LogP contribution is 2.58. The van der Waals surface area contributed by atoms with Gasteiger partial charge in [-0.15, -0.1) is 0 Å². The van der Waals surface area contributed by atoms with Gasteiger partial charge in [0.15, 0.2) is 0 Å². The zero-order valence-corrected chi connectivity index (χ0v) is 28.6. The normalized spacial score (nSPS) is 14.0. The van der Waals surface area contributed by atoms with Crippen molar-refractivity contribution in [1.82, 2.24) is 9.80 Å². The number of ether oxygens (including phenoxy) is 1. The van der Waals surface area contributed by atoms with E-state index in [9.17, 15) is 14.4 Å². The van der Waals surface area contributed by atoms with Crippen molar-refractivity contribution in [2.75, 3.05) is 62.2 Å². The molecule has 2 N–H and O–H groups in total. The van der Waals surface area contributed by atoms with Gasteiger partial charge in [-0.3, -0.25) is 19.3 Å². The van der Waals surface area contributed by atoms with Crippen LogP contribution in [0.4, 0.5) is 11.4 Å². The first-order chi connectivity index (χ1) is 23.2. The van der Waals surface area contributed by atoms with Gasteiger partial charge in [-0.2, -0.15) is 0 Å². The molecule has 2 aliphatic heterocycles. The molecule has 3 aromatic carbocycles. The second kappa shape index (κ2) is 15.1. The van der Waals surface area contributed by atoms with E-state index >= 15 is 0 Å². The van der Waals surface area contributed by atoms with Crippen LogP contribution in [0.5, 0.6) is 11.5 Å². The first-order valence-electron chi connectivity index (χ1n) is 17.2. The molecule has 0 fully saturated rings. The number of amides is 1. The fourth-order valence-corrected chi connectivity index (χ4v) is 7.46. The number of carboxylic acids is 2. The third-order valence-corrected chi connectivity index (χ3v) is 9.71. The van der Waals surface area contributed by atoms with E-state index in [0.717, 1.165) is 85.0 Å². The first-order valence-corrected chi connectivity index (χ1v) is 17.2. The molecule has 0 atom stereocenters. The second-order valence-electron chi connectivity index (χ2n) is 12.4. The molecule has 1 spiro atoms. The number of carboxylic acid groups (broad SMARTS) is 2. The Morgan fingerprint density at radius 2 is 1.23 bits per heavy atom. The fraction of sp³-hybridized carbons (Fsp3) is 0.447. The minimum Gasteiger partial charge on any atom is -0.480 e. The lowest BCUT2D eigenvalue weighted by molar-refractivity contribution is -0.141. The van der Waals surface area contributed by atoms with Crippen LogP contribution in [0.2, 0.25) is 0 Å². The van der Waals surface area contributed by atoms with E-state index < -0.39 is 17.5 Å². The maximum absolute atomic E-state index is 14.4. The first kappa shape index (κ1) is 34.8. The number of benzene rings is 3. The summed E-state index contributed by atoms with van der Waals surface area (Å²) >= 11 is 0. The molecular formula is C38H48N4O6. The average molecular weight is 657 g/mol. The molecule has 10 heteroatoms. The second-order valence-corrected chi connectivity index (χ2v) is 12.4. The quantitative estimate of drug-likeness (QED) is 0.163. The van der Waals surface area contributed by atoms with Crippen molar-refractivity contribution in [3.05, 3.63) is 82.9 Å². The van der Waals surface area contributed by atoms with Crippen molar-refractivity contribution in [1.29, 1.82) is 0 Å². The number of fused-ring (bicyclic) bond motifs is 6. The molecule has 0 aromatic heterocycles. The van der Waals surface area contributed by atoms with Gasteiger partial charge in [0.05, 0.1) is 13.1 Å². The number of anilines is 2. The summed E-state index contributed by atoms with van der Waals surface area (Å²) in [6.07, 6.45) is 3.00. The molecule has 2 aliphatic rings. The molecule has 48 heavy (non-hydrogen) atoms. The Balaban J connectivity index is 1.52. The summed E-state index contributed by atoms with van der Waals surface area (Å²) in [5, 5.41) is 18.3. The van der Waals surface area contributed by atoms with E-state index in [1.165, 1.54) is 4.90 Å². The number of hydrogen-bond donors (Lipinski definition) is 2. The van der Waals surface area contributed by atoms with Crippen molar-refractivity contribution >= 4 is 29.2 Å². The largest absolute Gasteiger partial charge is 0.480 e. The Morgan fingerprint density at radius 1 is 0.708 bits per heavy atom. The number of nitrogens with zero attached hydrogens (tertiary/aromatic N) is 4. The average Bonchev–Trinajstić information content (AvgIpc) is 3.31. The highest BCUT2D eigenvalue weighted by Gasteiger charge is 2.56. The van der Waals surface area contributed by atoms with Gasteiger partial charge < -0.3 is 29.6 Å². The Hall–Kier alpha value is -4.57. The molecule has 1 amide bonds. The molecule has 0 unspecified atom stereocenters. The lowest BCUT2D eigenvalue weighted by Crippen LogP contribution is -2.47. The van der Waals surface area contributed by atoms with Gasteiger partial charge in [-0.1, -0.05) is 43.2 Å². The van der Waals surface area contributed by atoms with Gasteiger partial charge in [-0.25, -0.2) is 0 Å². The van der Waals surface area contributed by atoms with E-state index in [1.54, 1.807) is 0 Å². The van der Waals surface area contributed by atoms with Gasteiger partial charge in [0.25, 0.3) is 5.91 Å². The molecule has 10 nitrogen and oxygen atoms in total. The van der Waals surface area contributed by atoms with Crippen LogP contribution in [0.1, 0.15) is 80.4 Å². The Morgan fingerprint density at radius 3 is 1.75 bits per heavy atom. The van der Waals surface area contributed by atoms with Gasteiger partial charge in [0, 0.05) is 72.9 Å². The van der Waals surface area contributed by atoms with Crippen molar-refractivity contribution in [3.8, 4) is 11.5 Å². The summed E-state index contributed by atoms with van der Waals surface area (Å²) in [6.45, 7) is 12.3. The summed E-state index contributed by atoms with van der Waals surface area (Å²) in [4.78, 5) is 44.8. The highest BCUT2D eigenvalue weighted by atomic mass is 16.5. The molecule has 3 aromatic rings. The predicted molar refractivity (Wildman–Crippen MR) is 188 cm³/mol. The number of unbranched alkanes of at least 4 members (excludes halogenated alkanes) is 3. The smallest absolute Gasteiger partial charge is 0.317 e. The SMILES string of the molecule is CCN(CC)c1ccc2c(c1)Oc1cc(N(CC)CC)ccc1C21c2ccccc2C(=O)N1CCCCCCN(CC(=O)O)CC(=O)O. The summed E-state index contributed by atoms with van der Waals surface area (Å²) in [5.41, 5.74) is 4.79. The minimum absolute atomic E-state index is 0.0147. The summed E-state index contributed by atoms with van der Waals surface area (Å²) in [5.74, 6) is -0.609. The molecule has 0 bridgehead atoms. The number of aliphatic carboxylic acids is 2. The van der Waals surface area contributed by atoms with Crippen LogP contribution < -0.4 is 14.5 Å². The fourth-order valence-electron chi connectivity index (χ4n) is 7.46. The predicted octanol–water partition coefficient (Wildman–Crippen LogP) is 6.26. The molecule has 5 rings (SSSR count). The van der Waals surface area contributed by atoms with E-state index in [0.29, 0.717) is 25.1 Å². The molecule has 256 valence electrons. The lowest BCUT2D eigenvalue weighted by atomic mass is 9.74. The third-order valence-electron chi connectivity index (χ3n) is 9.71. The summed E-state index contributed by atoms with van der Waals surface area (Å²) in [7, 11) is 0. The summed E-state index contributed by atoms with van der Waals surface area (Å²) < 4.78 is 6.78. The molecule has 0 saturated heterocycles. The molecule has 0 radical (unpaired) electrons. The van der Waals surface area contributed by atoms with Crippen LogP contribution in [0.15, 0.2) is 60.7 Å². The molecular weight excluding hydrogens is 608 g/mol. The van der Waals surface area contributed by atoms with Crippen LogP contribution in [-0.4, -0.2) is 90.2 Å². The van der Waals surface area contributed by atoms with E-state index in [4.69, 9.17) is 14.9 Å². The Bertz CT molecular complexity index is 1560. The number of carbonyl (C=O) groups excluding carboxylic acids is 1. The number of rotatable bonds is 17. The standard InChI is InChI=1S/C38H48N4O6/c1-5-40(6-2)27-17-19-31-33(23-27)48-34-24-28(41(7-3)8-4)18-20-32(34)38(31)30-16-12-11-15-29(30)37(47)42(38)22-14-10-9-13-21-39(25-35(43)44)26-36(45)46/h11-12,15-20,23-24H,5-10,13-14,21-22,25-26H2,1-4H3,(H,43,44)(H,45,46). The molecule has 2 heterocycles. The molecule has 0 aliphatic carbocycles. The van der Waals surface area contributed by atoms with Gasteiger partial charge in [-0.05, 0) is 70.8 Å². The topological polar surface area (TPSA) is 114 Å². The maximum Gasteiger partial charge on any atom is 0.317 e. The third kappa shape index (κ3) is 6.58. The number of carbonyl (C=O) groups is 3. The van der Waals surface area contributed by atoms with Crippen LogP contribution in [0.25, 0.3) is 0 Å². The van der Waals surface area contributed by atoms with Crippen molar-refractivity contribution < 1.29 is 29.3 Å². The molecule has 0 saturated carbocycles. The van der Waals surface area contributed by atoms with Gasteiger partial charge in [0.1, 0.15) is 17.0 Å². The van der Waals surface area contributed by atoms with E-state index in [1.807, 2.05) is 23.1 Å². The lowest BCUT2D eigenvalue weighted by Gasteiger charge is -2.45. The highest BCUT2D eigenvalue weighted by molar-refractivity contribution is 6.02. The number of hydrogen-bond acceptors (Lipinski definition) is 7. The Labute approximate surface area is 283 Å². The maximum atomic E-state index is 14.4.